The van der Waals surface area contributed by atoms with Gasteiger partial charge in [-0.3, -0.25) is 9.69 Å². The predicted molar refractivity (Wildman–Crippen MR) is 114 cm³/mol. The summed E-state index contributed by atoms with van der Waals surface area (Å²) in [4.78, 5) is 23.3. The Labute approximate surface area is 173 Å². The topological polar surface area (TPSA) is 58.1 Å². The van der Waals surface area contributed by atoms with Gasteiger partial charge in [0.05, 0.1) is 10.2 Å². The number of carbonyl (C=O) groups is 1. The number of piperidine rings is 1. The number of thiophene rings is 1. The Bertz CT molecular complexity index is 938. The Hall–Kier alpha value is -2.02. The van der Waals surface area contributed by atoms with Crippen molar-refractivity contribution in [2.45, 2.75) is 25.8 Å². The van der Waals surface area contributed by atoms with Crippen LogP contribution in [-0.4, -0.2) is 40.4 Å². The third-order valence-electron chi connectivity index (χ3n) is 5.29. The van der Waals surface area contributed by atoms with E-state index in [1.807, 2.05) is 11.4 Å². The van der Waals surface area contributed by atoms with Gasteiger partial charge in [0.15, 0.2) is 5.69 Å². The van der Waals surface area contributed by atoms with Crippen LogP contribution in [0.25, 0.3) is 10.2 Å². The summed E-state index contributed by atoms with van der Waals surface area (Å²) in [6, 6.07) is 12.5. The van der Waals surface area contributed by atoms with Crippen molar-refractivity contribution in [2.75, 3.05) is 19.6 Å². The Kier molecular flexibility index (Phi) is 6.20. The van der Waals surface area contributed by atoms with Gasteiger partial charge in [0, 0.05) is 13.1 Å². The fourth-order valence-corrected chi connectivity index (χ4v) is 4.73. The largest absolute Gasteiger partial charge is 0.351 e. The molecular formula is C21H23ClN4OS. The van der Waals surface area contributed by atoms with Gasteiger partial charge in [-0.15, -0.1) is 11.3 Å². The number of carbonyl (C=O) groups excluding carboxylic acids is 1. The first kappa shape index (κ1) is 19.3. The second-order valence-electron chi connectivity index (χ2n) is 7.23. The molecule has 0 saturated carbocycles. The molecule has 5 nitrogen and oxygen atoms in total. The maximum absolute atomic E-state index is 12.5. The lowest BCUT2D eigenvalue weighted by Gasteiger charge is -2.32. The Morgan fingerprint density at radius 2 is 1.96 bits per heavy atom. The highest BCUT2D eigenvalue weighted by molar-refractivity contribution is 7.17. The molecule has 1 aliphatic rings. The molecule has 1 aromatic carbocycles. The molecule has 3 aromatic rings. The SMILES string of the molecule is O=C(NCCC1CCN(Cc2ccccc2)CC1)c1nc(Cl)nc2ccsc12. The minimum atomic E-state index is -0.168. The summed E-state index contributed by atoms with van der Waals surface area (Å²) in [6.07, 6.45) is 3.35. The monoisotopic (exact) mass is 414 g/mol. The molecule has 146 valence electrons. The van der Waals surface area contributed by atoms with Crippen LogP contribution in [-0.2, 0) is 6.54 Å². The molecule has 0 unspecified atom stereocenters. The van der Waals surface area contributed by atoms with Crippen molar-refractivity contribution in [2.24, 2.45) is 5.92 Å². The van der Waals surface area contributed by atoms with Gasteiger partial charge in [-0.05, 0) is 66.9 Å². The van der Waals surface area contributed by atoms with Crippen LogP contribution in [0.1, 0.15) is 35.3 Å². The van der Waals surface area contributed by atoms with Gasteiger partial charge < -0.3 is 5.32 Å². The molecule has 4 rings (SSSR count). The molecule has 1 N–H and O–H groups in total. The normalized spacial score (nSPS) is 15.8. The first-order valence-electron chi connectivity index (χ1n) is 9.64. The first-order valence-corrected chi connectivity index (χ1v) is 10.9. The van der Waals surface area contributed by atoms with Gasteiger partial charge >= 0.3 is 0 Å². The number of benzene rings is 1. The lowest BCUT2D eigenvalue weighted by molar-refractivity contribution is 0.0944. The van der Waals surface area contributed by atoms with Crippen molar-refractivity contribution in [3.63, 3.8) is 0 Å². The number of aromatic nitrogens is 2. The van der Waals surface area contributed by atoms with Crippen LogP contribution in [0, 0.1) is 5.92 Å². The number of amides is 1. The van der Waals surface area contributed by atoms with E-state index in [4.69, 9.17) is 11.6 Å². The van der Waals surface area contributed by atoms with Crippen molar-refractivity contribution in [1.82, 2.24) is 20.2 Å². The molecule has 7 heteroatoms. The summed E-state index contributed by atoms with van der Waals surface area (Å²) in [5, 5.41) is 5.02. The molecule has 2 aromatic heterocycles. The van der Waals surface area contributed by atoms with E-state index in [0.29, 0.717) is 18.2 Å². The third kappa shape index (κ3) is 4.69. The van der Waals surface area contributed by atoms with Crippen LogP contribution < -0.4 is 5.32 Å². The highest BCUT2D eigenvalue weighted by Crippen LogP contribution is 2.24. The minimum Gasteiger partial charge on any atom is -0.351 e. The number of nitrogens with one attached hydrogen (secondary N) is 1. The number of hydrogen-bond donors (Lipinski definition) is 1. The van der Waals surface area contributed by atoms with E-state index in [2.05, 4.69) is 50.5 Å². The number of halogens is 1. The summed E-state index contributed by atoms with van der Waals surface area (Å²) >= 11 is 7.41. The van der Waals surface area contributed by atoms with Gasteiger partial charge in [-0.2, -0.15) is 0 Å². The van der Waals surface area contributed by atoms with Gasteiger partial charge in [0.1, 0.15) is 0 Å². The minimum absolute atomic E-state index is 0.113. The molecule has 0 spiro atoms. The van der Waals surface area contributed by atoms with Gasteiger partial charge in [-0.1, -0.05) is 30.3 Å². The first-order chi connectivity index (χ1) is 13.7. The number of hydrogen-bond acceptors (Lipinski definition) is 5. The molecule has 1 amide bonds. The fraction of sp³-hybridized carbons (Fsp3) is 0.381. The number of rotatable bonds is 6. The Morgan fingerprint density at radius 1 is 1.18 bits per heavy atom. The smallest absolute Gasteiger partial charge is 0.271 e. The van der Waals surface area contributed by atoms with Gasteiger partial charge in [0.25, 0.3) is 5.91 Å². The molecule has 0 bridgehead atoms. The highest BCUT2D eigenvalue weighted by atomic mass is 35.5. The van der Waals surface area contributed by atoms with E-state index in [9.17, 15) is 4.79 Å². The summed E-state index contributed by atoms with van der Waals surface area (Å²) in [7, 11) is 0. The van der Waals surface area contributed by atoms with E-state index in [-0.39, 0.29) is 11.2 Å². The summed E-state index contributed by atoms with van der Waals surface area (Å²) in [5.41, 5.74) is 2.47. The van der Waals surface area contributed by atoms with Crippen LogP contribution in [0.4, 0.5) is 0 Å². The maximum atomic E-state index is 12.5. The standard InChI is InChI=1S/C21H23ClN4OS/c22-21-24-17-9-13-28-19(17)18(25-21)20(27)23-10-6-15-7-11-26(12-8-15)14-16-4-2-1-3-5-16/h1-5,9,13,15H,6-8,10-12,14H2,(H,23,27). The molecule has 1 aliphatic heterocycles. The molecular weight excluding hydrogens is 392 g/mol. The average Bonchev–Trinajstić information content (AvgIpc) is 3.17. The zero-order valence-electron chi connectivity index (χ0n) is 15.6. The second kappa shape index (κ2) is 8.99. The molecule has 3 heterocycles. The van der Waals surface area contributed by atoms with Crippen molar-refractivity contribution in [1.29, 1.82) is 0 Å². The molecule has 0 aliphatic carbocycles. The predicted octanol–water partition coefficient (Wildman–Crippen LogP) is 4.38. The summed E-state index contributed by atoms with van der Waals surface area (Å²) in [6.45, 7) is 3.92. The number of likely N-dealkylation sites (tertiary alicyclic amines) is 1. The van der Waals surface area contributed by atoms with Crippen LogP contribution in [0.5, 0.6) is 0 Å². The maximum Gasteiger partial charge on any atom is 0.271 e. The van der Waals surface area contributed by atoms with Gasteiger partial charge in [-0.25, -0.2) is 9.97 Å². The Balaban J connectivity index is 1.23. The van der Waals surface area contributed by atoms with Crippen LogP contribution >= 0.6 is 22.9 Å². The lowest BCUT2D eigenvalue weighted by atomic mass is 9.93. The zero-order chi connectivity index (χ0) is 19.3. The Morgan fingerprint density at radius 3 is 2.75 bits per heavy atom. The second-order valence-corrected chi connectivity index (χ2v) is 8.48. The number of fused-ring (bicyclic) bond motifs is 1. The number of nitrogens with zero attached hydrogens (tertiary/aromatic N) is 3. The van der Waals surface area contributed by atoms with Crippen LogP contribution in [0.3, 0.4) is 0 Å². The van der Waals surface area contributed by atoms with E-state index in [1.54, 1.807) is 0 Å². The van der Waals surface area contributed by atoms with Crippen molar-refractivity contribution >= 4 is 39.1 Å². The fourth-order valence-electron chi connectivity index (χ4n) is 3.74. The molecule has 28 heavy (non-hydrogen) atoms. The van der Waals surface area contributed by atoms with Crippen LogP contribution in [0.15, 0.2) is 41.8 Å². The summed E-state index contributed by atoms with van der Waals surface area (Å²) < 4.78 is 0.788. The van der Waals surface area contributed by atoms with E-state index in [1.165, 1.54) is 29.7 Å². The lowest BCUT2D eigenvalue weighted by Crippen LogP contribution is -2.35. The molecule has 1 fully saturated rings. The van der Waals surface area contributed by atoms with E-state index >= 15 is 0 Å². The van der Waals surface area contributed by atoms with E-state index in [0.717, 1.165) is 36.3 Å². The zero-order valence-corrected chi connectivity index (χ0v) is 17.2. The van der Waals surface area contributed by atoms with E-state index < -0.39 is 0 Å². The van der Waals surface area contributed by atoms with Crippen molar-refractivity contribution in [3.05, 3.63) is 58.3 Å². The quantitative estimate of drug-likeness (QED) is 0.608. The summed E-state index contributed by atoms with van der Waals surface area (Å²) in [5.74, 6) is 0.487. The van der Waals surface area contributed by atoms with Crippen molar-refractivity contribution < 1.29 is 4.79 Å². The molecule has 0 atom stereocenters. The van der Waals surface area contributed by atoms with Crippen LogP contribution in [0.2, 0.25) is 5.28 Å². The highest BCUT2D eigenvalue weighted by Gasteiger charge is 2.20. The third-order valence-corrected chi connectivity index (χ3v) is 6.37. The van der Waals surface area contributed by atoms with Gasteiger partial charge in [0.2, 0.25) is 5.28 Å². The van der Waals surface area contributed by atoms with Crippen molar-refractivity contribution in [3.8, 4) is 0 Å². The average molecular weight is 415 g/mol. The molecule has 0 radical (unpaired) electrons. The molecule has 1 saturated heterocycles.